The number of carbonyl (C=O) groups is 2. The first-order chi connectivity index (χ1) is 11.9. The Labute approximate surface area is 145 Å². The molecule has 132 valence electrons. The molecule has 0 saturated carbocycles. The van der Waals surface area contributed by atoms with Gasteiger partial charge in [-0.2, -0.15) is 4.68 Å². The van der Waals surface area contributed by atoms with Crippen LogP contribution in [0.25, 0.3) is 5.69 Å². The Balaban J connectivity index is 1.70. The van der Waals surface area contributed by atoms with Crippen LogP contribution in [0.3, 0.4) is 0 Å². The highest BCUT2D eigenvalue weighted by Crippen LogP contribution is 2.21. The van der Waals surface area contributed by atoms with Gasteiger partial charge >= 0.3 is 6.03 Å². The third kappa shape index (κ3) is 3.76. The molecule has 0 spiro atoms. The van der Waals surface area contributed by atoms with E-state index in [0.29, 0.717) is 18.7 Å². The van der Waals surface area contributed by atoms with E-state index in [1.807, 2.05) is 32.9 Å². The number of anilines is 1. The fourth-order valence-corrected chi connectivity index (χ4v) is 2.76. The predicted molar refractivity (Wildman–Crippen MR) is 91.5 cm³/mol. The summed E-state index contributed by atoms with van der Waals surface area (Å²) in [5.41, 5.74) is 2.46. The third-order valence-corrected chi connectivity index (χ3v) is 4.01. The average Bonchev–Trinajstić information content (AvgIpc) is 3.16. The fourth-order valence-electron chi connectivity index (χ4n) is 2.76. The van der Waals surface area contributed by atoms with Gasteiger partial charge in [-0.05, 0) is 41.1 Å². The number of aromatic nitrogens is 4. The Hall–Kier alpha value is -2.97. The quantitative estimate of drug-likeness (QED) is 0.769. The highest BCUT2D eigenvalue weighted by atomic mass is 16.2. The lowest BCUT2D eigenvalue weighted by atomic mass is 10.1. The topological polar surface area (TPSA) is 114 Å². The molecule has 3 amide bonds. The zero-order valence-corrected chi connectivity index (χ0v) is 14.4. The molecule has 0 bridgehead atoms. The Bertz CT molecular complexity index is 800. The van der Waals surface area contributed by atoms with Crippen molar-refractivity contribution >= 4 is 17.6 Å². The molecule has 1 atom stereocenters. The standard InChI is InChI=1S/C16H21N7O2/c1-9(2)15-20-21-22-23(15)13-5-4-11(6-10(13)3)18-16(25)19-12-7-14(24)17-8-12/h4-6,9,12H,7-8H2,1-3H3,(H,17,24)(H2,18,19,25). The molecule has 1 aliphatic rings. The zero-order valence-electron chi connectivity index (χ0n) is 14.4. The molecule has 1 fully saturated rings. The summed E-state index contributed by atoms with van der Waals surface area (Å²) in [5.74, 6) is 0.925. The van der Waals surface area contributed by atoms with Gasteiger partial charge in [0.15, 0.2) is 5.82 Å². The van der Waals surface area contributed by atoms with Gasteiger partial charge in [-0.3, -0.25) is 4.79 Å². The number of aryl methyl sites for hydroxylation is 1. The van der Waals surface area contributed by atoms with Gasteiger partial charge in [0, 0.05) is 24.6 Å². The van der Waals surface area contributed by atoms with Gasteiger partial charge in [0.1, 0.15) is 0 Å². The number of rotatable bonds is 4. The van der Waals surface area contributed by atoms with E-state index in [0.717, 1.165) is 17.1 Å². The molecular formula is C16H21N7O2. The Morgan fingerprint density at radius 1 is 1.40 bits per heavy atom. The van der Waals surface area contributed by atoms with Crippen LogP contribution in [0, 0.1) is 6.92 Å². The maximum Gasteiger partial charge on any atom is 0.319 e. The third-order valence-electron chi connectivity index (χ3n) is 4.01. The first-order valence-electron chi connectivity index (χ1n) is 8.17. The first-order valence-corrected chi connectivity index (χ1v) is 8.17. The Morgan fingerprint density at radius 2 is 2.20 bits per heavy atom. The molecule has 1 aliphatic heterocycles. The van der Waals surface area contributed by atoms with Crippen LogP contribution in [-0.4, -0.2) is 44.7 Å². The van der Waals surface area contributed by atoms with Gasteiger partial charge in [-0.25, -0.2) is 4.79 Å². The van der Waals surface area contributed by atoms with Crippen molar-refractivity contribution in [2.75, 3.05) is 11.9 Å². The van der Waals surface area contributed by atoms with Crippen LogP contribution in [0.1, 0.15) is 37.6 Å². The van der Waals surface area contributed by atoms with E-state index >= 15 is 0 Å². The largest absolute Gasteiger partial charge is 0.354 e. The number of nitrogens with zero attached hydrogens (tertiary/aromatic N) is 4. The van der Waals surface area contributed by atoms with Crippen molar-refractivity contribution in [2.24, 2.45) is 0 Å². The molecule has 1 unspecified atom stereocenters. The Kier molecular flexibility index (Phi) is 4.64. The number of benzene rings is 1. The van der Waals surface area contributed by atoms with Crippen LogP contribution in [0.15, 0.2) is 18.2 Å². The summed E-state index contributed by atoms with van der Waals surface area (Å²) >= 11 is 0. The maximum atomic E-state index is 12.0. The number of carbonyl (C=O) groups excluding carboxylic acids is 2. The molecule has 2 aromatic rings. The second-order valence-electron chi connectivity index (χ2n) is 6.41. The molecule has 2 heterocycles. The normalized spacial score (nSPS) is 16.8. The smallest absolute Gasteiger partial charge is 0.319 e. The Morgan fingerprint density at radius 3 is 2.84 bits per heavy atom. The van der Waals surface area contributed by atoms with Crippen LogP contribution >= 0.6 is 0 Å². The highest BCUT2D eigenvalue weighted by Gasteiger charge is 2.23. The van der Waals surface area contributed by atoms with E-state index in [1.54, 1.807) is 10.7 Å². The van der Waals surface area contributed by atoms with Crippen molar-refractivity contribution < 1.29 is 9.59 Å². The number of amides is 3. The highest BCUT2D eigenvalue weighted by molar-refractivity contribution is 5.90. The molecule has 1 saturated heterocycles. The van der Waals surface area contributed by atoms with Crippen LogP contribution in [-0.2, 0) is 4.79 Å². The monoisotopic (exact) mass is 343 g/mol. The zero-order chi connectivity index (χ0) is 18.0. The first kappa shape index (κ1) is 16.9. The molecule has 0 radical (unpaired) electrons. The minimum Gasteiger partial charge on any atom is -0.354 e. The van der Waals surface area contributed by atoms with E-state index < -0.39 is 0 Å². The minimum atomic E-state index is -0.334. The number of tetrazole rings is 1. The molecule has 3 N–H and O–H groups in total. The molecule has 9 nitrogen and oxygen atoms in total. The summed E-state index contributed by atoms with van der Waals surface area (Å²) < 4.78 is 1.71. The number of hydrogen-bond donors (Lipinski definition) is 3. The lowest BCUT2D eigenvalue weighted by molar-refractivity contribution is -0.119. The minimum absolute atomic E-state index is 0.0482. The van der Waals surface area contributed by atoms with Crippen LogP contribution in [0.5, 0.6) is 0 Å². The molecule has 0 aliphatic carbocycles. The second-order valence-corrected chi connectivity index (χ2v) is 6.41. The van der Waals surface area contributed by atoms with Crippen molar-refractivity contribution in [3.8, 4) is 5.69 Å². The summed E-state index contributed by atoms with van der Waals surface area (Å²) in [5, 5.41) is 20.1. The van der Waals surface area contributed by atoms with E-state index in [-0.39, 0.29) is 23.9 Å². The van der Waals surface area contributed by atoms with Gasteiger partial charge in [0.25, 0.3) is 0 Å². The van der Waals surface area contributed by atoms with Gasteiger partial charge < -0.3 is 16.0 Å². The molecule has 1 aromatic heterocycles. The van der Waals surface area contributed by atoms with E-state index in [4.69, 9.17) is 0 Å². The van der Waals surface area contributed by atoms with Crippen LogP contribution in [0.4, 0.5) is 10.5 Å². The van der Waals surface area contributed by atoms with Gasteiger partial charge in [-0.15, -0.1) is 5.10 Å². The summed E-state index contributed by atoms with van der Waals surface area (Å²) in [4.78, 5) is 23.2. The fraction of sp³-hybridized carbons (Fsp3) is 0.438. The van der Waals surface area contributed by atoms with Crippen molar-refractivity contribution in [1.29, 1.82) is 0 Å². The van der Waals surface area contributed by atoms with E-state index in [9.17, 15) is 9.59 Å². The lowest BCUT2D eigenvalue weighted by Gasteiger charge is -2.14. The van der Waals surface area contributed by atoms with Gasteiger partial charge in [0.2, 0.25) is 5.91 Å². The predicted octanol–water partition coefficient (Wildman–Crippen LogP) is 1.10. The van der Waals surface area contributed by atoms with E-state index in [1.165, 1.54) is 0 Å². The summed E-state index contributed by atoms with van der Waals surface area (Å²) in [6.45, 7) is 6.45. The average molecular weight is 343 g/mol. The van der Waals surface area contributed by atoms with Crippen LogP contribution < -0.4 is 16.0 Å². The van der Waals surface area contributed by atoms with Crippen molar-refractivity contribution in [3.05, 3.63) is 29.6 Å². The van der Waals surface area contributed by atoms with Gasteiger partial charge in [-0.1, -0.05) is 13.8 Å². The van der Waals surface area contributed by atoms with E-state index in [2.05, 4.69) is 31.5 Å². The van der Waals surface area contributed by atoms with Gasteiger partial charge in [0.05, 0.1) is 11.7 Å². The molecule has 9 heteroatoms. The van der Waals surface area contributed by atoms with Crippen molar-refractivity contribution in [3.63, 3.8) is 0 Å². The summed E-state index contributed by atoms with van der Waals surface area (Å²) in [6.07, 6.45) is 0.308. The van der Waals surface area contributed by atoms with Crippen molar-refractivity contribution in [1.82, 2.24) is 30.8 Å². The number of urea groups is 1. The van der Waals surface area contributed by atoms with Crippen LogP contribution in [0.2, 0.25) is 0 Å². The SMILES string of the molecule is Cc1cc(NC(=O)NC2CNC(=O)C2)ccc1-n1nnnc1C(C)C. The number of hydrogen-bond acceptors (Lipinski definition) is 5. The second kappa shape index (κ2) is 6.88. The molecular weight excluding hydrogens is 322 g/mol. The molecule has 25 heavy (non-hydrogen) atoms. The summed E-state index contributed by atoms with van der Waals surface area (Å²) in [6, 6.07) is 5.01. The summed E-state index contributed by atoms with van der Waals surface area (Å²) in [7, 11) is 0. The maximum absolute atomic E-state index is 12.0. The van der Waals surface area contributed by atoms with Crippen molar-refractivity contribution in [2.45, 2.75) is 39.2 Å². The number of nitrogens with one attached hydrogen (secondary N) is 3. The molecule has 1 aromatic carbocycles. The lowest BCUT2D eigenvalue weighted by Crippen LogP contribution is -2.39. The molecule has 3 rings (SSSR count).